The SMILES string of the molecule is O=C(Cc1ccccc1)N[C@@H]1C(=O)N2C(C(=O)O)=C(Sc3ccc(Br)c(OC(F)(F)F)c3)CS[C@@H]12. The molecular formula is C22H16BrF3N2O5S2. The summed E-state index contributed by atoms with van der Waals surface area (Å²) >= 11 is 5.20. The van der Waals surface area contributed by atoms with E-state index in [1.807, 2.05) is 6.07 Å². The predicted molar refractivity (Wildman–Crippen MR) is 127 cm³/mol. The number of carbonyl (C=O) groups is 3. The summed E-state index contributed by atoms with van der Waals surface area (Å²) < 4.78 is 42.1. The molecule has 1 saturated heterocycles. The molecule has 2 heterocycles. The van der Waals surface area contributed by atoms with Crippen LogP contribution in [0.5, 0.6) is 5.75 Å². The quantitative estimate of drug-likeness (QED) is 0.463. The van der Waals surface area contributed by atoms with Gasteiger partial charge in [0.1, 0.15) is 22.9 Å². The molecule has 2 amide bonds. The second-order valence-electron chi connectivity index (χ2n) is 7.44. The minimum absolute atomic E-state index is 0.0800. The van der Waals surface area contributed by atoms with Crippen molar-refractivity contribution < 1.29 is 37.4 Å². The van der Waals surface area contributed by atoms with Crippen molar-refractivity contribution in [1.29, 1.82) is 0 Å². The van der Waals surface area contributed by atoms with Crippen molar-refractivity contribution >= 4 is 57.2 Å². The van der Waals surface area contributed by atoms with E-state index in [2.05, 4.69) is 26.0 Å². The maximum atomic E-state index is 12.8. The molecule has 2 aromatic carbocycles. The van der Waals surface area contributed by atoms with Crippen LogP contribution < -0.4 is 10.1 Å². The molecular weight excluding hydrogens is 573 g/mol. The van der Waals surface area contributed by atoms with E-state index in [4.69, 9.17) is 0 Å². The van der Waals surface area contributed by atoms with E-state index < -0.39 is 35.4 Å². The number of hydrogen-bond acceptors (Lipinski definition) is 6. The molecule has 0 aromatic heterocycles. The second-order valence-corrected chi connectivity index (χ2v) is 10.6. The van der Waals surface area contributed by atoms with Gasteiger partial charge in [0.2, 0.25) is 5.91 Å². The number of aliphatic carboxylic acids is 1. The fraction of sp³-hybridized carbons (Fsp3) is 0.227. The molecule has 0 saturated carbocycles. The summed E-state index contributed by atoms with van der Waals surface area (Å²) in [5, 5.41) is 11.9. The minimum atomic E-state index is -4.89. The number of nitrogens with zero attached hydrogens (tertiary/aromatic N) is 1. The summed E-state index contributed by atoms with van der Waals surface area (Å²) in [6.45, 7) is 0. The molecule has 4 rings (SSSR count). The number of ether oxygens (including phenoxy) is 1. The van der Waals surface area contributed by atoms with Crippen molar-refractivity contribution in [2.75, 3.05) is 5.75 Å². The van der Waals surface area contributed by atoms with Gasteiger partial charge in [0.25, 0.3) is 5.91 Å². The van der Waals surface area contributed by atoms with Gasteiger partial charge in [-0.05, 0) is 39.7 Å². The minimum Gasteiger partial charge on any atom is -0.477 e. The molecule has 0 spiro atoms. The highest BCUT2D eigenvalue weighted by Gasteiger charge is 2.54. The van der Waals surface area contributed by atoms with Crippen molar-refractivity contribution in [3.8, 4) is 5.75 Å². The van der Waals surface area contributed by atoms with Crippen molar-refractivity contribution in [3.63, 3.8) is 0 Å². The summed E-state index contributed by atoms with van der Waals surface area (Å²) in [7, 11) is 0. The molecule has 35 heavy (non-hydrogen) atoms. The lowest BCUT2D eigenvalue weighted by Crippen LogP contribution is -2.70. The number of halogens is 4. The normalized spacial score (nSPS) is 19.7. The first-order chi connectivity index (χ1) is 16.5. The lowest BCUT2D eigenvalue weighted by atomic mass is 10.0. The van der Waals surface area contributed by atoms with Gasteiger partial charge in [0.05, 0.1) is 10.9 Å². The van der Waals surface area contributed by atoms with Gasteiger partial charge >= 0.3 is 12.3 Å². The maximum Gasteiger partial charge on any atom is 0.573 e. The topological polar surface area (TPSA) is 95.9 Å². The highest BCUT2D eigenvalue weighted by molar-refractivity contribution is 9.10. The van der Waals surface area contributed by atoms with Crippen LogP contribution in [0.15, 0.2) is 68.5 Å². The average molecular weight is 589 g/mol. The summed E-state index contributed by atoms with van der Waals surface area (Å²) in [6, 6.07) is 12.1. The number of benzene rings is 2. The van der Waals surface area contributed by atoms with Crippen LogP contribution in [-0.4, -0.2) is 51.3 Å². The van der Waals surface area contributed by atoms with Crippen LogP contribution in [0.2, 0.25) is 0 Å². The van der Waals surface area contributed by atoms with Crippen LogP contribution in [0.25, 0.3) is 0 Å². The maximum absolute atomic E-state index is 12.8. The Morgan fingerprint density at radius 1 is 1.23 bits per heavy atom. The number of fused-ring (bicyclic) bond motifs is 1. The zero-order valence-corrected chi connectivity index (χ0v) is 20.8. The van der Waals surface area contributed by atoms with E-state index in [1.54, 1.807) is 24.3 Å². The summed E-state index contributed by atoms with van der Waals surface area (Å²) in [4.78, 5) is 38.9. The van der Waals surface area contributed by atoms with E-state index in [9.17, 15) is 32.7 Å². The Morgan fingerprint density at radius 2 is 1.94 bits per heavy atom. The average Bonchev–Trinajstić information content (AvgIpc) is 2.79. The largest absolute Gasteiger partial charge is 0.573 e. The van der Waals surface area contributed by atoms with E-state index >= 15 is 0 Å². The first-order valence-corrected chi connectivity index (χ1v) is 12.7. The first kappa shape index (κ1) is 25.5. The summed E-state index contributed by atoms with van der Waals surface area (Å²) in [5.41, 5.74) is 0.525. The number of amides is 2. The van der Waals surface area contributed by atoms with Crippen LogP contribution >= 0.6 is 39.5 Å². The second kappa shape index (κ2) is 10.2. The molecule has 13 heteroatoms. The van der Waals surface area contributed by atoms with E-state index in [0.29, 0.717) is 9.80 Å². The molecule has 184 valence electrons. The van der Waals surface area contributed by atoms with Crippen LogP contribution in [0, 0.1) is 0 Å². The van der Waals surface area contributed by atoms with Crippen LogP contribution in [0.3, 0.4) is 0 Å². The molecule has 2 aliphatic heterocycles. The van der Waals surface area contributed by atoms with Crippen molar-refractivity contribution in [1.82, 2.24) is 10.2 Å². The fourth-order valence-electron chi connectivity index (χ4n) is 3.57. The van der Waals surface area contributed by atoms with E-state index in [1.165, 1.54) is 23.9 Å². The fourth-order valence-corrected chi connectivity index (χ4v) is 6.40. The molecule has 2 aromatic rings. The van der Waals surface area contributed by atoms with Gasteiger partial charge in [-0.3, -0.25) is 14.5 Å². The molecule has 0 bridgehead atoms. The Kier molecular flexibility index (Phi) is 7.38. The van der Waals surface area contributed by atoms with Gasteiger partial charge < -0.3 is 15.2 Å². The van der Waals surface area contributed by atoms with Crippen LogP contribution in [-0.2, 0) is 20.8 Å². The number of carboxylic acid groups (broad SMARTS) is 1. The molecule has 0 radical (unpaired) electrons. The van der Waals surface area contributed by atoms with Crippen LogP contribution in [0.1, 0.15) is 5.56 Å². The lowest BCUT2D eigenvalue weighted by molar-refractivity contribution is -0.275. The first-order valence-electron chi connectivity index (χ1n) is 10.0. The van der Waals surface area contributed by atoms with Gasteiger partial charge in [0.15, 0.2) is 0 Å². The molecule has 2 aliphatic rings. The highest BCUT2D eigenvalue weighted by Crippen LogP contribution is 2.46. The molecule has 7 nitrogen and oxygen atoms in total. The van der Waals surface area contributed by atoms with Gasteiger partial charge in [-0.1, -0.05) is 42.1 Å². The monoisotopic (exact) mass is 588 g/mol. The Morgan fingerprint density at radius 3 is 2.60 bits per heavy atom. The number of hydrogen-bond donors (Lipinski definition) is 2. The van der Waals surface area contributed by atoms with Gasteiger partial charge in [0, 0.05) is 15.6 Å². The third-order valence-corrected chi connectivity index (χ3v) is 8.22. The zero-order chi connectivity index (χ0) is 25.3. The van der Waals surface area contributed by atoms with Crippen molar-refractivity contribution in [2.45, 2.75) is 29.1 Å². The number of thioether (sulfide) groups is 2. The smallest absolute Gasteiger partial charge is 0.477 e. The molecule has 0 aliphatic carbocycles. The van der Waals surface area contributed by atoms with Gasteiger partial charge in [-0.15, -0.1) is 24.9 Å². The number of β-lactam (4-membered cyclic amide) rings is 1. The lowest BCUT2D eigenvalue weighted by Gasteiger charge is -2.49. The third kappa shape index (κ3) is 5.78. The summed E-state index contributed by atoms with van der Waals surface area (Å²) in [6.07, 6.45) is -4.81. The number of nitrogens with one attached hydrogen (secondary N) is 1. The van der Waals surface area contributed by atoms with E-state index in [-0.39, 0.29) is 28.3 Å². The third-order valence-electron chi connectivity index (χ3n) is 5.03. The standard InChI is InChI=1S/C22H16BrF3N2O5S2/c23-13-7-6-12(9-14(13)33-22(24,25)26)35-15-10-34-20-17(19(30)28(20)18(15)21(31)32)27-16(29)8-11-4-2-1-3-5-11/h1-7,9,17,20H,8,10H2,(H,27,29)(H,31,32)/t17-,20+/m1/s1. The Bertz CT molecular complexity index is 1210. The Balaban J connectivity index is 1.50. The highest BCUT2D eigenvalue weighted by atomic mass is 79.9. The summed E-state index contributed by atoms with van der Waals surface area (Å²) in [5.74, 6) is -2.54. The van der Waals surface area contributed by atoms with E-state index in [0.717, 1.165) is 28.3 Å². The molecule has 2 atom stereocenters. The van der Waals surface area contributed by atoms with Gasteiger partial charge in [-0.25, -0.2) is 4.79 Å². The number of carboxylic acids is 1. The Hall–Kier alpha value is -2.64. The van der Waals surface area contributed by atoms with Gasteiger partial charge in [-0.2, -0.15) is 0 Å². The van der Waals surface area contributed by atoms with Crippen molar-refractivity contribution in [3.05, 3.63) is 69.2 Å². The predicted octanol–water partition coefficient (Wildman–Crippen LogP) is 4.38. The van der Waals surface area contributed by atoms with Crippen molar-refractivity contribution in [2.24, 2.45) is 0 Å². The van der Waals surface area contributed by atoms with Crippen LogP contribution in [0.4, 0.5) is 13.2 Å². The molecule has 0 unspecified atom stereocenters. The zero-order valence-electron chi connectivity index (χ0n) is 17.5. The molecule has 2 N–H and O–H groups in total. The number of rotatable bonds is 7. The number of alkyl halides is 3. The Labute approximate surface area is 214 Å². The molecule has 1 fully saturated rings. The number of carbonyl (C=O) groups excluding carboxylic acids is 2.